The van der Waals surface area contributed by atoms with Crippen LogP contribution < -0.4 is 5.63 Å². The molecule has 0 N–H and O–H groups in total. The molecule has 102 valence electrons. The lowest BCUT2D eigenvalue weighted by Gasteiger charge is -2.22. The summed E-state index contributed by atoms with van der Waals surface area (Å²) in [4.78, 5) is 12.0. The van der Waals surface area contributed by atoms with Crippen LogP contribution in [0.15, 0.2) is 33.5 Å². The van der Waals surface area contributed by atoms with E-state index in [2.05, 4.69) is 10.3 Å². The van der Waals surface area contributed by atoms with E-state index in [1.165, 1.54) is 19.3 Å². The zero-order valence-electron chi connectivity index (χ0n) is 11.1. The Morgan fingerprint density at radius 3 is 2.80 bits per heavy atom. The van der Waals surface area contributed by atoms with Crippen molar-refractivity contribution in [3.8, 4) is 0 Å². The van der Waals surface area contributed by atoms with E-state index in [9.17, 15) is 4.79 Å². The average Bonchev–Trinajstić information content (AvgIpc) is 2.94. The van der Waals surface area contributed by atoms with Crippen molar-refractivity contribution in [1.82, 2.24) is 15.0 Å². The fourth-order valence-corrected chi connectivity index (χ4v) is 3.16. The van der Waals surface area contributed by atoms with Gasteiger partial charge in [0.15, 0.2) is 5.52 Å². The van der Waals surface area contributed by atoms with E-state index in [1.807, 2.05) is 28.9 Å². The maximum Gasteiger partial charge on any atom is 0.366 e. The van der Waals surface area contributed by atoms with E-state index in [0.29, 0.717) is 17.1 Å². The Morgan fingerprint density at radius 1 is 1.15 bits per heavy atom. The van der Waals surface area contributed by atoms with Gasteiger partial charge in [-0.2, -0.15) is 0 Å². The summed E-state index contributed by atoms with van der Waals surface area (Å²) in [7, 11) is 0. The molecule has 0 aliphatic heterocycles. The Morgan fingerprint density at radius 2 is 1.95 bits per heavy atom. The molecular weight excluding hydrogens is 254 g/mol. The molecular formula is C15H15N3O2. The molecule has 1 fully saturated rings. The molecule has 2 heterocycles. The maximum atomic E-state index is 12.0. The number of nitrogens with zero attached hydrogens (tertiary/aromatic N) is 3. The minimum atomic E-state index is -0.402. The topological polar surface area (TPSA) is 60.9 Å². The molecule has 0 saturated heterocycles. The van der Waals surface area contributed by atoms with Crippen LogP contribution in [0.4, 0.5) is 0 Å². The third-order valence-electron chi connectivity index (χ3n) is 4.15. The third-order valence-corrected chi connectivity index (χ3v) is 4.15. The van der Waals surface area contributed by atoms with Crippen LogP contribution in [0.1, 0.15) is 38.1 Å². The van der Waals surface area contributed by atoms with Crippen molar-refractivity contribution < 1.29 is 4.42 Å². The van der Waals surface area contributed by atoms with Crippen LogP contribution in [0.25, 0.3) is 22.0 Å². The highest BCUT2D eigenvalue weighted by molar-refractivity contribution is 6.00. The van der Waals surface area contributed by atoms with Gasteiger partial charge < -0.3 is 4.42 Å². The van der Waals surface area contributed by atoms with Crippen LogP contribution >= 0.6 is 0 Å². The van der Waals surface area contributed by atoms with Gasteiger partial charge in [-0.1, -0.05) is 36.6 Å². The zero-order chi connectivity index (χ0) is 13.5. The smallest absolute Gasteiger partial charge is 0.366 e. The summed E-state index contributed by atoms with van der Waals surface area (Å²) in [6.45, 7) is 0. The standard InChI is InChI=1S/C15H15N3O2/c19-15-13-14(11-8-4-5-9-12(11)20-15)18(17-16-13)10-6-2-1-3-7-10/h4-5,8-10H,1-3,6-7H2. The summed E-state index contributed by atoms with van der Waals surface area (Å²) in [5, 5.41) is 9.20. The Labute approximate surface area is 115 Å². The number of rotatable bonds is 1. The van der Waals surface area contributed by atoms with E-state index in [1.54, 1.807) is 0 Å². The van der Waals surface area contributed by atoms with E-state index >= 15 is 0 Å². The lowest BCUT2D eigenvalue weighted by Crippen LogP contribution is -2.14. The monoisotopic (exact) mass is 269 g/mol. The molecule has 20 heavy (non-hydrogen) atoms. The third kappa shape index (κ3) is 1.66. The van der Waals surface area contributed by atoms with Crippen LogP contribution in [0.5, 0.6) is 0 Å². The van der Waals surface area contributed by atoms with Crippen molar-refractivity contribution in [1.29, 1.82) is 0 Å². The lowest BCUT2D eigenvalue weighted by atomic mass is 9.95. The van der Waals surface area contributed by atoms with E-state index in [0.717, 1.165) is 23.7 Å². The Balaban J connectivity index is 2.04. The first-order valence-corrected chi connectivity index (χ1v) is 7.11. The Kier molecular flexibility index (Phi) is 2.58. The molecule has 1 aromatic carbocycles. The van der Waals surface area contributed by atoms with Crippen LogP contribution in [0.3, 0.4) is 0 Å². The van der Waals surface area contributed by atoms with E-state index in [4.69, 9.17) is 4.42 Å². The average molecular weight is 269 g/mol. The molecule has 5 nitrogen and oxygen atoms in total. The molecule has 0 bridgehead atoms. The molecule has 0 spiro atoms. The highest BCUT2D eigenvalue weighted by Crippen LogP contribution is 2.31. The van der Waals surface area contributed by atoms with Crippen molar-refractivity contribution in [2.75, 3.05) is 0 Å². The Hall–Kier alpha value is -2.17. The van der Waals surface area contributed by atoms with Gasteiger partial charge >= 0.3 is 5.63 Å². The summed E-state index contributed by atoms with van der Waals surface area (Å²) >= 11 is 0. The molecule has 1 saturated carbocycles. The van der Waals surface area contributed by atoms with E-state index < -0.39 is 5.63 Å². The van der Waals surface area contributed by atoms with Crippen LogP contribution in [-0.2, 0) is 0 Å². The molecule has 3 aromatic rings. The zero-order valence-corrected chi connectivity index (χ0v) is 11.1. The van der Waals surface area contributed by atoms with Crippen molar-refractivity contribution in [2.45, 2.75) is 38.1 Å². The van der Waals surface area contributed by atoms with Gasteiger partial charge in [0.25, 0.3) is 0 Å². The number of aromatic nitrogens is 3. The van der Waals surface area contributed by atoms with Crippen molar-refractivity contribution in [2.24, 2.45) is 0 Å². The summed E-state index contributed by atoms with van der Waals surface area (Å²) in [5.41, 5.74) is 1.36. The van der Waals surface area contributed by atoms with Gasteiger partial charge in [-0.3, -0.25) is 0 Å². The minimum absolute atomic E-state index is 0.342. The van der Waals surface area contributed by atoms with Gasteiger partial charge in [0, 0.05) is 5.39 Å². The minimum Gasteiger partial charge on any atom is -0.421 e. The molecule has 0 amide bonds. The van der Waals surface area contributed by atoms with Gasteiger partial charge in [0.2, 0.25) is 0 Å². The summed E-state index contributed by atoms with van der Waals surface area (Å²) in [6, 6.07) is 7.93. The van der Waals surface area contributed by atoms with Crippen LogP contribution in [0.2, 0.25) is 0 Å². The maximum absolute atomic E-state index is 12.0. The summed E-state index contributed by atoms with van der Waals surface area (Å²) < 4.78 is 7.24. The number of benzene rings is 1. The van der Waals surface area contributed by atoms with Crippen LogP contribution in [-0.4, -0.2) is 15.0 Å². The molecule has 0 radical (unpaired) electrons. The van der Waals surface area contributed by atoms with Gasteiger partial charge in [0.05, 0.1) is 6.04 Å². The molecule has 2 aromatic heterocycles. The molecule has 5 heteroatoms. The Bertz CT molecular complexity index is 828. The first-order valence-electron chi connectivity index (χ1n) is 7.11. The number of hydrogen-bond acceptors (Lipinski definition) is 4. The second-order valence-electron chi connectivity index (χ2n) is 5.41. The fourth-order valence-electron chi connectivity index (χ4n) is 3.16. The number of fused-ring (bicyclic) bond motifs is 3. The second-order valence-corrected chi connectivity index (χ2v) is 5.41. The normalized spacial score (nSPS) is 17.0. The van der Waals surface area contributed by atoms with Gasteiger partial charge in [-0.15, -0.1) is 5.10 Å². The molecule has 0 atom stereocenters. The molecule has 4 rings (SSSR count). The predicted octanol–water partition coefficient (Wildman–Crippen LogP) is 3.04. The van der Waals surface area contributed by atoms with Crippen molar-refractivity contribution >= 4 is 22.0 Å². The SMILES string of the molecule is O=c1oc2ccccc2c2c1nnn2C1CCCCC1. The summed E-state index contributed by atoms with van der Waals surface area (Å²) in [5.74, 6) is 0. The molecule has 0 unspecified atom stereocenters. The van der Waals surface area contributed by atoms with Crippen molar-refractivity contribution in [3.63, 3.8) is 0 Å². The second kappa shape index (κ2) is 4.44. The molecule has 1 aliphatic rings. The number of hydrogen-bond donors (Lipinski definition) is 0. The largest absolute Gasteiger partial charge is 0.421 e. The highest BCUT2D eigenvalue weighted by atomic mass is 16.4. The van der Waals surface area contributed by atoms with Gasteiger partial charge in [0.1, 0.15) is 11.1 Å². The van der Waals surface area contributed by atoms with Crippen molar-refractivity contribution in [3.05, 3.63) is 34.7 Å². The van der Waals surface area contributed by atoms with Crippen LogP contribution in [0, 0.1) is 0 Å². The molecule has 1 aliphatic carbocycles. The number of para-hydroxylation sites is 1. The highest BCUT2D eigenvalue weighted by Gasteiger charge is 2.22. The fraction of sp³-hybridized carbons (Fsp3) is 0.400. The predicted molar refractivity (Wildman–Crippen MR) is 75.7 cm³/mol. The summed E-state index contributed by atoms with van der Waals surface area (Å²) in [6.07, 6.45) is 5.92. The van der Waals surface area contributed by atoms with E-state index in [-0.39, 0.29) is 0 Å². The van der Waals surface area contributed by atoms with Gasteiger partial charge in [-0.25, -0.2) is 9.48 Å². The first kappa shape index (κ1) is 11.6. The van der Waals surface area contributed by atoms with Gasteiger partial charge in [-0.05, 0) is 25.0 Å². The lowest BCUT2D eigenvalue weighted by molar-refractivity contribution is 0.332. The first-order chi connectivity index (χ1) is 9.84. The quantitative estimate of drug-likeness (QED) is 0.637.